The first-order valence-corrected chi connectivity index (χ1v) is 5.56. The van der Waals surface area contributed by atoms with Gasteiger partial charge in [0.1, 0.15) is 6.04 Å². The molecule has 1 unspecified atom stereocenters. The van der Waals surface area contributed by atoms with Crippen molar-refractivity contribution in [2.24, 2.45) is 0 Å². The molecule has 1 aliphatic rings. The molecule has 0 aliphatic carbocycles. The SMILES string of the molecule is CCOC(=O)C1CCCCN1C(=O)C(C)=O. The molecule has 1 rings (SSSR count). The van der Waals surface area contributed by atoms with Crippen molar-refractivity contribution in [2.45, 2.75) is 39.2 Å². The number of carbonyl (C=O) groups is 3. The number of amides is 1. The third-order valence-electron chi connectivity index (χ3n) is 2.62. The van der Waals surface area contributed by atoms with Crippen LogP contribution in [0.5, 0.6) is 0 Å². The van der Waals surface area contributed by atoms with E-state index < -0.39 is 23.7 Å². The Balaban J connectivity index is 2.74. The first-order chi connectivity index (χ1) is 7.57. The molecule has 1 aliphatic heterocycles. The largest absolute Gasteiger partial charge is 0.464 e. The summed E-state index contributed by atoms with van der Waals surface area (Å²) in [4.78, 5) is 35.6. The van der Waals surface area contributed by atoms with Gasteiger partial charge in [0, 0.05) is 13.5 Å². The van der Waals surface area contributed by atoms with Gasteiger partial charge in [0.15, 0.2) is 0 Å². The van der Waals surface area contributed by atoms with Crippen LogP contribution in [0.3, 0.4) is 0 Å². The maximum absolute atomic E-state index is 11.6. The van der Waals surface area contributed by atoms with E-state index in [9.17, 15) is 14.4 Å². The molecule has 0 bridgehead atoms. The Morgan fingerprint density at radius 3 is 2.56 bits per heavy atom. The first kappa shape index (κ1) is 12.7. The standard InChI is InChI=1S/C11H17NO4/c1-3-16-11(15)9-6-4-5-7-12(9)10(14)8(2)13/h9H,3-7H2,1-2H3. The second-order valence-corrected chi connectivity index (χ2v) is 3.82. The smallest absolute Gasteiger partial charge is 0.328 e. The molecule has 5 heteroatoms. The molecule has 0 spiro atoms. The molecular weight excluding hydrogens is 210 g/mol. The molecule has 1 heterocycles. The predicted octanol–water partition coefficient (Wildman–Crippen LogP) is 0.520. The lowest BCUT2D eigenvalue weighted by atomic mass is 10.0. The number of carbonyl (C=O) groups excluding carboxylic acids is 3. The lowest BCUT2D eigenvalue weighted by Gasteiger charge is -2.33. The van der Waals surface area contributed by atoms with Gasteiger partial charge in [0.2, 0.25) is 5.78 Å². The maximum Gasteiger partial charge on any atom is 0.328 e. The Morgan fingerprint density at radius 1 is 1.31 bits per heavy atom. The highest BCUT2D eigenvalue weighted by atomic mass is 16.5. The van der Waals surface area contributed by atoms with Crippen LogP contribution in [0, 0.1) is 0 Å². The lowest BCUT2D eigenvalue weighted by Crippen LogP contribution is -2.50. The van der Waals surface area contributed by atoms with Crippen LogP contribution in [-0.4, -0.2) is 41.8 Å². The van der Waals surface area contributed by atoms with Crippen LogP contribution in [0.4, 0.5) is 0 Å². The normalized spacial score (nSPS) is 20.4. The molecule has 5 nitrogen and oxygen atoms in total. The average Bonchev–Trinajstić information content (AvgIpc) is 2.28. The summed E-state index contributed by atoms with van der Waals surface area (Å²) in [6, 6.07) is -0.579. The second-order valence-electron chi connectivity index (χ2n) is 3.82. The van der Waals surface area contributed by atoms with E-state index >= 15 is 0 Å². The van der Waals surface area contributed by atoms with Gasteiger partial charge in [-0.25, -0.2) is 4.79 Å². The van der Waals surface area contributed by atoms with Gasteiger partial charge < -0.3 is 9.64 Å². The van der Waals surface area contributed by atoms with Crippen molar-refractivity contribution in [3.8, 4) is 0 Å². The zero-order valence-corrected chi connectivity index (χ0v) is 9.69. The minimum absolute atomic E-state index is 0.289. The molecule has 1 amide bonds. The third-order valence-corrected chi connectivity index (χ3v) is 2.62. The number of hydrogen-bond donors (Lipinski definition) is 0. The van der Waals surface area contributed by atoms with E-state index in [0.717, 1.165) is 12.8 Å². The van der Waals surface area contributed by atoms with Gasteiger partial charge in [-0.3, -0.25) is 9.59 Å². The number of Topliss-reactive ketones (excluding diaryl/α,β-unsaturated/α-hetero) is 1. The zero-order valence-electron chi connectivity index (χ0n) is 9.69. The molecule has 0 saturated carbocycles. The summed E-state index contributed by atoms with van der Waals surface area (Å²) in [5.41, 5.74) is 0. The molecule has 16 heavy (non-hydrogen) atoms. The van der Waals surface area contributed by atoms with Gasteiger partial charge in [-0.2, -0.15) is 0 Å². The predicted molar refractivity (Wildman–Crippen MR) is 56.7 cm³/mol. The summed E-state index contributed by atoms with van der Waals surface area (Å²) < 4.78 is 4.90. The van der Waals surface area contributed by atoms with Crippen LogP contribution in [-0.2, 0) is 19.1 Å². The summed E-state index contributed by atoms with van der Waals surface area (Å²) in [7, 11) is 0. The minimum Gasteiger partial charge on any atom is -0.464 e. The highest BCUT2D eigenvalue weighted by Gasteiger charge is 2.34. The van der Waals surface area contributed by atoms with Gasteiger partial charge in [0.25, 0.3) is 5.91 Å². The highest BCUT2D eigenvalue weighted by molar-refractivity contribution is 6.35. The number of piperidine rings is 1. The highest BCUT2D eigenvalue weighted by Crippen LogP contribution is 2.18. The number of esters is 1. The molecule has 1 fully saturated rings. The van der Waals surface area contributed by atoms with E-state index in [1.165, 1.54) is 11.8 Å². The molecule has 1 atom stereocenters. The van der Waals surface area contributed by atoms with Crippen molar-refractivity contribution in [3.63, 3.8) is 0 Å². The fourth-order valence-electron chi connectivity index (χ4n) is 1.86. The number of rotatable bonds is 3. The van der Waals surface area contributed by atoms with Crippen molar-refractivity contribution in [3.05, 3.63) is 0 Å². The van der Waals surface area contributed by atoms with Crippen LogP contribution in [0.15, 0.2) is 0 Å². The molecule has 0 radical (unpaired) electrons. The average molecular weight is 227 g/mol. The molecule has 90 valence electrons. The summed E-state index contributed by atoms with van der Waals surface area (Å²) in [6.07, 6.45) is 2.29. The van der Waals surface area contributed by atoms with Crippen molar-refractivity contribution in [1.82, 2.24) is 4.90 Å². The summed E-state index contributed by atoms with van der Waals surface area (Å²) in [6.45, 7) is 3.69. The monoisotopic (exact) mass is 227 g/mol. The number of nitrogens with zero attached hydrogens (tertiary/aromatic N) is 1. The second kappa shape index (κ2) is 5.63. The quantitative estimate of drug-likeness (QED) is 0.521. The fraction of sp³-hybridized carbons (Fsp3) is 0.727. The Bertz CT molecular complexity index is 300. The van der Waals surface area contributed by atoms with Crippen LogP contribution in [0.2, 0.25) is 0 Å². The number of hydrogen-bond acceptors (Lipinski definition) is 4. The molecule has 1 saturated heterocycles. The molecule has 0 N–H and O–H groups in total. The van der Waals surface area contributed by atoms with Gasteiger partial charge in [-0.1, -0.05) is 0 Å². The lowest BCUT2D eigenvalue weighted by molar-refractivity contribution is -0.158. The summed E-state index contributed by atoms with van der Waals surface area (Å²) in [5, 5.41) is 0. The minimum atomic E-state index is -0.585. The van der Waals surface area contributed by atoms with Gasteiger partial charge in [0.05, 0.1) is 6.61 Å². The number of ether oxygens (including phenoxy) is 1. The van der Waals surface area contributed by atoms with Gasteiger partial charge in [-0.05, 0) is 26.2 Å². The van der Waals surface area contributed by atoms with Gasteiger partial charge >= 0.3 is 5.97 Å². The van der Waals surface area contributed by atoms with E-state index in [0.29, 0.717) is 13.0 Å². The van der Waals surface area contributed by atoms with Crippen molar-refractivity contribution < 1.29 is 19.1 Å². The van der Waals surface area contributed by atoms with Crippen molar-refractivity contribution in [1.29, 1.82) is 0 Å². The Morgan fingerprint density at radius 2 is 2.00 bits per heavy atom. The fourth-order valence-corrected chi connectivity index (χ4v) is 1.86. The maximum atomic E-state index is 11.6. The Labute approximate surface area is 94.7 Å². The van der Waals surface area contributed by atoms with E-state index in [1.807, 2.05) is 0 Å². The van der Waals surface area contributed by atoms with E-state index in [4.69, 9.17) is 4.74 Å². The van der Waals surface area contributed by atoms with Crippen LogP contribution in [0.1, 0.15) is 33.1 Å². The summed E-state index contributed by atoms with van der Waals surface area (Å²) >= 11 is 0. The number of ketones is 1. The Hall–Kier alpha value is -1.39. The van der Waals surface area contributed by atoms with E-state index in [-0.39, 0.29) is 6.61 Å². The Kier molecular flexibility index (Phi) is 4.46. The summed E-state index contributed by atoms with van der Waals surface area (Å²) in [5.74, 6) is -1.52. The topological polar surface area (TPSA) is 63.7 Å². The molecule has 0 aromatic carbocycles. The molecule has 0 aromatic rings. The molecule has 0 aromatic heterocycles. The zero-order chi connectivity index (χ0) is 12.1. The van der Waals surface area contributed by atoms with Crippen molar-refractivity contribution >= 4 is 17.7 Å². The third kappa shape index (κ3) is 2.81. The van der Waals surface area contributed by atoms with Crippen LogP contribution in [0.25, 0.3) is 0 Å². The van der Waals surface area contributed by atoms with Crippen molar-refractivity contribution in [2.75, 3.05) is 13.2 Å². The van der Waals surface area contributed by atoms with E-state index in [1.54, 1.807) is 6.92 Å². The van der Waals surface area contributed by atoms with Crippen LogP contribution >= 0.6 is 0 Å². The van der Waals surface area contributed by atoms with Gasteiger partial charge in [-0.15, -0.1) is 0 Å². The first-order valence-electron chi connectivity index (χ1n) is 5.56. The molecular formula is C11H17NO4. The van der Waals surface area contributed by atoms with Crippen LogP contribution < -0.4 is 0 Å². The number of likely N-dealkylation sites (tertiary alicyclic amines) is 1. The van der Waals surface area contributed by atoms with E-state index in [2.05, 4.69) is 0 Å².